The van der Waals surface area contributed by atoms with E-state index in [4.69, 9.17) is 4.74 Å². The molecule has 2 aromatic carbocycles. The number of rotatable bonds is 6. The maximum absolute atomic E-state index is 13.0. The summed E-state index contributed by atoms with van der Waals surface area (Å²) in [6.07, 6.45) is -0.888. The summed E-state index contributed by atoms with van der Waals surface area (Å²) in [5.41, 5.74) is 4.30. The van der Waals surface area contributed by atoms with E-state index in [1.165, 1.54) is 4.90 Å². The number of β-amino-alcohol motifs (C(OH)–C–C–N with tert-alkyl or cyclic N) is 1. The minimum absolute atomic E-state index is 0.0622. The molecule has 0 radical (unpaired) electrons. The average Bonchev–Trinajstić information content (AvgIpc) is 3.12. The maximum Gasteiger partial charge on any atom is 0.407 e. The molecular weight excluding hydrogens is 424 g/mol. The zero-order chi connectivity index (χ0) is 23.5. The summed E-state index contributed by atoms with van der Waals surface area (Å²) >= 11 is 0. The van der Waals surface area contributed by atoms with Crippen LogP contribution in [0.2, 0.25) is 0 Å². The van der Waals surface area contributed by atoms with Crippen molar-refractivity contribution in [3.8, 4) is 11.1 Å². The van der Waals surface area contributed by atoms with Crippen molar-refractivity contribution in [3.63, 3.8) is 0 Å². The lowest BCUT2D eigenvalue weighted by Crippen LogP contribution is -2.55. The number of ether oxygens (including phenoxy) is 1. The molecule has 2 aromatic rings. The van der Waals surface area contributed by atoms with Gasteiger partial charge in [0.1, 0.15) is 12.6 Å². The highest BCUT2D eigenvalue weighted by Crippen LogP contribution is 2.44. The largest absolute Gasteiger partial charge is 0.481 e. The summed E-state index contributed by atoms with van der Waals surface area (Å²) in [7, 11) is 0. The van der Waals surface area contributed by atoms with Crippen molar-refractivity contribution in [2.24, 2.45) is 0 Å². The van der Waals surface area contributed by atoms with Gasteiger partial charge in [-0.2, -0.15) is 0 Å². The van der Waals surface area contributed by atoms with Crippen LogP contribution in [-0.4, -0.2) is 64.4 Å². The second kappa shape index (κ2) is 9.62. The highest BCUT2D eigenvalue weighted by molar-refractivity contribution is 5.89. The molecule has 0 aromatic heterocycles. The minimum Gasteiger partial charge on any atom is -0.481 e. The molecule has 2 aliphatic rings. The standard InChI is InChI=1S/C25H28N2O6/c1-15-10-11-16(28)13-27(15)24(31)22(12-23(29)30)26-25(32)33-14-21-19-8-4-2-6-17(19)18-7-3-5-9-20(18)21/h2-9,15-16,21-22,28H,10-14H2,1H3,(H,26,32)(H,29,30). The number of benzene rings is 2. The van der Waals surface area contributed by atoms with Gasteiger partial charge in [-0.25, -0.2) is 4.79 Å². The van der Waals surface area contributed by atoms with Crippen molar-refractivity contribution in [1.29, 1.82) is 0 Å². The third-order valence-electron chi connectivity index (χ3n) is 6.45. The van der Waals surface area contributed by atoms with E-state index in [0.717, 1.165) is 22.3 Å². The molecule has 1 aliphatic carbocycles. The van der Waals surface area contributed by atoms with Crippen molar-refractivity contribution in [2.45, 2.75) is 50.3 Å². The van der Waals surface area contributed by atoms with Gasteiger partial charge in [0.2, 0.25) is 5.91 Å². The SMILES string of the molecule is CC1CCC(O)CN1C(=O)C(CC(=O)O)NC(=O)OCC1c2ccccc2-c2ccccc21. The normalized spacial score (nSPS) is 20.5. The molecule has 1 heterocycles. The number of carboxylic acids is 1. The monoisotopic (exact) mass is 452 g/mol. The van der Waals surface area contributed by atoms with Crippen molar-refractivity contribution < 1.29 is 29.3 Å². The first-order valence-electron chi connectivity index (χ1n) is 11.2. The Morgan fingerprint density at radius 3 is 2.27 bits per heavy atom. The molecule has 3 unspecified atom stereocenters. The van der Waals surface area contributed by atoms with Crippen LogP contribution in [0.25, 0.3) is 11.1 Å². The Hall–Kier alpha value is -3.39. The molecule has 8 heteroatoms. The number of carbonyl (C=O) groups is 3. The number of nitrogens with one attached hydrogen (secondary N) is 1. The highest BCUT2D eigenvalue weighted by Gasteiger charge is 2.35. The fourth-order valence-electron chi connectivity index (χ4n) is 4.75. The summed E-state index contributed by atoms with van der Waals surface area (Å²) in [5, 5.41) is 21.6. The molecule has 0 bridgehead atoms. The molecule has 1 fully saturated rings. The Morgan fingerprint density at radius 2 is 1.67 bits per heavy atom. The predicted molar refractivity (Wildman–Crippen MR) is 121 cm³/mol. The number of carboxylic acid groups (broad SMARTS) is 1. The second-order valence-corrected chi connectivity index (χ2v) is 8.69. The number of hydrogen-bond donors (Lipinski definition) is 3. The van der Waals surface area contributed by atoms with E-state index in [9.17, 15) is 24.6 Å². The quantitative estimate of drug-likeness (QED) is 0.621. The van der Waals surface area contributed by atoms with Crippen LogP contribution in [-0.2, 0) is 14.3 Å². The van der Waals surface area contributed by atoms with Crippen molar-refractivity contribution in [3.05, 3.63) is 59.7 Å². The fraction of sp³-hybridized carbons (Fsp3) is 0.400. The zero-order valence-corrected chi connectivity index (χ0v) is 18.4. The Labute approximate surface area is 192 Å². The van der Waals surface area contributed by atoms with Gasteiger partial charge in [-0.1, -0.05) is 48.5 Å². The van der Waals surface area contributed by atoms with Crippen LogP contribution in [0.5, 0.6) is 0 Å². The number of piperidine rings is 1. The van der Waals surface area contributed by atoms with Crippen LogP contribution in [0, 0.1) is 0 Å². The number of fused-ring (bicyclic) bond motifs is 3. The first-order valence-corrected chi connectivity index (χ1v) is 11.2. The van der Waals surface area contributed by atoms with Crippen molar-refractivity contribution in [2.75, 3.05) is 13.2 Å². The predicted octanol–water partition coefficient (Wildman–Crippen LogP) is 2.74. The number of aliphatic hydroxyl groups is 1. The van der Waals surface area contributed by atoms with E-state index >= 15 is 0 Å². The molecule has 174 valence electrons. The van der Waals surface area contributed by atoms with Crippen LogP contribution in [0.4, 0.5) is 4.79 Å². The number of amides is 2. The van der Waals surface area contributed by atoms with E-state index in [2.05, 4.69) is 5.32 Å². The number of aliphatic hydroxyl groups excluding tert-OH is 1. The average molecular weight is 453 g/mol. The zero-order valence-electron chi connectivity index (χ0n) is 18.4. The van der Waals surface area contributed by atoms with Crippen molar-refractivity contribution in [1.82, 2.24) is 10.2 Å². The van der Waals surface area contributed by atoms with Crippen LogP contribution in [0.15, 0.2) is 48.5 Å². The lowest BCUT2D eigenvalue weighted by atomic mass is 9.98. The van der Waals surface area contributed by atoms with Gasteiger partial charge in [0.25, 0.3) is 0 Å². The Balaban J connectivity index is 1.44. The molecular formula is C25H28N2O6. The molecule has 1 saturated heterocycles. The van der Waals surface area contributed by atoms with E-state index in [1.807, 2.05) is 55.5 Å². The second-order valence-electron chi connectivity index (χ2n) is 8.69. The topological polar surface area (TPSA) is 116 Å². The number of aliphatic carboxylic acids is 1. The van der Waals surface area contributed by atoms with E-state index in [-0.39, 0.29) is 25.1 Å². The lowest BCUT2D eigenvalue weighted by Gasteiger charge is -2.37. The van der Waals surface area contributed by atoms with Gasteiger partial charge in [0.15, 0.2) is 0 Å². The Morgan fingerprint density at radius 1 is 1.06 bits per heavy atom. The third-order valence-corrected chi connectivity index (χ3v) is 6.45. The van der Waals surface area contributed by atoms with Gasteiger partial charge >= 0.3 is 12.1 Å². The van der Waals surface area contributed by atoms with Crippen molar-refractivity contribution >= 4 is 18.0 Å². The number of likely N-dealkylation sites (tertiary alicyclic amines) is 1. The van der Waals surface area contributed by atoms with Gasteiger partial charge in [-0.05, 0) is 42.0 Å². The molecule has 4 rings (SSSR count). The van der Waals surface area contributed by atoms with Gasteiger partial charge in [0, 0.05) is 18.5 Å². The van der Waals surface area contributed by atoms with Gasteiger partial charge in [-0.3, -0.25) is 9.59 Å². The van der Waals surface area contributed by atoms with Crippen LogP contribution < -0.4 is 5.32 Å². The number of hydrogen-bond acceptors (Lipinski definition) is 5. The van der Waals surface area contributed by atoms with E-state index < -0.39 is 36.5 Å². The summed E-state index contributed by atoms with van der Waals surface area (Å²) in [6.45, 7) is 2.02. The lowest BCUT2D eigenvalue weighted by molar-refractivity contribution is -0.145. The highest BCUT2D eigenvalue weighted by atomic mass is 16.5. The molecule has 8 nitrogen and oxygen atoms in total. The molecule has 33 heavy (non-hydrogen) atoms. The summed E-state index contributed by atoms with van der Waals surface area (Å²) in [6, 6.07) is 14.4. The van der Waals surface area contributed by atoms with Gasteiger partial charge in [0.05, 0.1) is 12.5 Å². The van der Waals surface area contributed by atoms with Crippen LogP contribution in [0.1, 0.15) is 43.2 Å². The summed E-state index contributed by atoms with van der Waals surface area (Å²) in [4.78, 5) is 38.4. The fourth-order valence-corrected chi connectivity index (χ4v) is 4.75. The third kappa shape index (κ3) is 4.85. The molecule has 3 atom stereocenters. The molecule has 3 N–H and O–H groups in total. The van der Waals surface area contributed by atoms with E-state index in [0.29, 0.717) is 12.8 Å². The van der Waals surface area contributed by atoms with Crippen LogP contribution in [0.3, 0.4) is 0 Å². The van der Waals surface area contributed by atoms with E-state index in [1.54, 1.807) is 0 Å². The maximum atomic E-state index is 13.0. The summed E-state index contributed by atoms with van der Waals surface area (Å²) < 4.78 is 5.47. The first kappa shape index (κ1) is 22.8. The number of nitrogens with zero attached hydrogens (tertiary/aromatic N) is 1. The molecule has 0 saturated carbocycles. The minimum atomic E-state index is -1.27. The van der Waals surface area contributed by atoms with Gasteiger partial charge < -0.3 is 25.2 Å². The molecule has 1 aliphatic heterocycles. The molecule has 0 spiro atoms. The molecule has 2 amide bonds. The summed E-state index contributed by atoms with van der Waals surface area (Å²) in [5.74, 6) is -1.89. The Bertz CT molecular complexity index is 1010. The van der Waals surface area contributed by atoms with Gasteiger partial charge in [-0.15, -0.1) is 0 Å². The van der Waals surface area contributed by atoms with Crippen LogP contribution >= 0.6 is 0 Å². The first-order chi connectivity index (χ1) is 15.8. The Kier molecular flexibility index (Phi) is 6.65. The number of carbonyl (C=O) groups excluding carboxylic acids is 2. The number of alkyl carbamates (subject to hydrolysis) is 1. The smallest absolute Gasteiger partial charge is 0.407 e.